The SMILES string of the molecule is O=C(NC1=CC(=O)SC1)Nc1ccccc1Br. The highest BCUT2D eigenvalue weighted by Crippen LogP contribution is 2.21. The number of amides is 2. The second-order valence-electron chi connectivity index (χ2n) is 3.34. The summed E-state index contributed by atoms with van der Waals surface area (Å²) in [6.45, 7) is 0. The van der Waals surface area contributed by atoms with Gasteiger partial charge in [-0.2, -0.15) is 0 Å². The van der Waals surface area contributed by atoms with Gasteiger partial charge in [0.05, 0.1) is 5.69 Å². The number of hydrogen-bond donors (Lipinski definition) is 2. The van der Waals surface area contributed by atoms with Gasteiger partial charge in [0.25, 0.3) is 0 Å². The van der Waals surface area contributed by atoms with Crippen LogP contribution in [-0.2, 0) is 4.79 Å². The van der Waals surface area contributed by atoms with Crippen molar-refractivity contribution in [1.82, 2.24) is 5.32 Å². The number of nitrogens with one attached hydrogen (secondary N) is 2. The van der Waals surface area contributed by atoms with Crippen LogP contribution in [0.3, 0.4) is 0 Å². The lowest BCUT2D eigenvalue weighted by Gasteiger charge is -2.08. The van der Waals surface area contributed by atoms with E-state index in [0.717, 1.165) is 4.47 Å². The normalized spacial score (nSPS) is 14.4. The molecule has 2 rings (SSSR count). The molecule has 1 aromatic rings. The number of anilines is 1. The highest BCUT2D eigenvalue weighted by atomic mass is 79.9. The summed E-state index contributed by atoms with van der Waals surface area (Å²) >= 11 is 4.51. The molecule has 2 N–H and O–H groups in total. The Morgan fingerprint density at radius 3 is 2.71 bits per heavy atom. The Kier molecular flexibility index (Phi) is 3.86. The summed E-state index contributed by atoms with van der Waals surface area (Å²) in [5.41, 5.74) is 1.31. The maximum absolute atomic E-state index is 11.6. The van der Waals surface area contributed by atoms with Gasteiger partial charge < -0.3 is 10.6 Å². The molecule has 6 heteroatoms. The first-order chi connectivity index (χ1) is 8.15. The predicted molar refractivity (Wildman–Crippen MR) is 71.8 cm³/mol. The highest BCUT2D eigenvalue weighted by molar-refractivity contribution is 9.10. The minimum Gasteiger partial charge on any atom is -0.310 e. The van der Waals surface area contributed by atoms with E-state index in [1.54, 1.807) is 6.07 Å². The van der Waals surface area contributed by atoms with Crippen molar-refractivity contribution in [2.75, 3.05) is 11.1 Å². The van der Waals surface area contributed by atoms with Crippen LogP contribution >= 0.6 is 27.7 Å². The molecule has 1 aromatic carbocycles. The Balaban J connectivity index is 1.96. The number of carbonyl (C=O) groups is 2. The summed E-state index contributed by atoms with van der Waals surface area (Å²) < 4.78 is 0.806. The first kappa shape index (κ1) is 12.2. The molecule has 4 nitrogen and oxygen atoms in total. The lowest BCUT2D eigenvalue weighted by molar-refractivity contribution is -0.106. The van der Waals surface area contributed by atoms with Gasteiger partial charge in [0.2, 0.25) is 5.12 Å². The van der Waals surface area contributed by atoms with Gasteiger partial charge in [-0.1, -0.05) is 23.9 Å². The van der Waals surface area contributed by atoms with Crippen LogP contribution < -0.4 is 10.6 Å². The molecule has 88 valence electrons. The van der Waals surface area contributed by atoms with Crippen molar-refractivity contribution in [1.29, 1.82) is 0 Å². The third-order valence-corrected chi connectivity index (χ3v) is 3.61. The van der Waals surface area contributed by atoms with E-state index in [9.17, 15) is 9.59 Å². The molecule has 0 radical (unpaired) electrons. The standard InChI is InChI=1S/C11H9BrN2O2S/c12-8-3-1-2-4-9(8)14-11(16)13-7-5-10(15)17-6-7/h1-5H,6H2,(H2,13,14,16). The fourth-order valence-electron chi connectivity index (χ4n) is 1.31. The van der Waals surface area contributed by atoms with Crippen LogP contribution in [0.1, 0.15) is 0 Å². The minimum absolute atomic E-state index is 0.0267. The monoisotopic (exact) mass is 312 g/mol. The van der Waals surface area contributed by atoms with Crippen LogP contribution in [0, 0.1) is 0 Å². The number of benzene rings is 1. The Morgan fingerprint density at radius 2 is 2.06 bits per heavy atom. The Labute approximate surface area is 111 Å². The van der Waals surface area contributed by atoms with Gasteiger partial charge in [-0.25, -0.2) is 4.79 Å². The van der Waals surface area contributed by atoms with E-state index in [4.69, 9.17) is 0 Å². The van der Waals surface area contributed by atoms with Gasteiger partial charge in [-0.05, 0) is 28.1 Å². The smallest absolute Gasteiger partial charge is 0.310 e. The number of carbonyl (C=O) groups excluding carboxylic acids is 2. The third kappa shape index (κ3) is 3.34. The average molecular weight is 313 g/mol. The molecular weight excluding hydrogens is 304 g/mol. The largest absolute Gasteiger partial charge is 0.323 e. The fraction of sp³-hybridized carbons (Fsp3) is 0.0909. The van der Waals surface area contributed by atoms with Gasteiger partial charge in [0, 0.05) is 22.0 Å². The maximum atomic E-state index is 11.6. The van der Waals surface area contributed by atoms with Gasteiger partial charge in [0.1, 0.15) is 0 Å². The van der Waals surface area contributed by atoms with Crippen LogP contribution in [0.4, 0.5) is 10.5 Å². The minimum atomic E-state index is -0.349. The van der Waals surface area contributed by atoms with Gasteiger partial charge in [-0.15, -0.1) is 0 Å². The van der Waals surface area contributed by atoms with E-state index < -0.39 is 0 Å². The fourth-order valence-corrected chi connectivity index (χ4v) is 2.37. The van der Waals surface area contributed by atoms with Gasteiger partial charge in [0.15, 0.2) is 0 Å². The van der Waals surface area contributed by atoms with Crippen LogP contribution in [0.15, 0.2) is 40.5 Å². The number of rotatable bonds is 2. The summed E-state index contributed by atoms with van der Waals surface area (Å²) in [5.74, 6) is 0.516. The van der Waals surface area contributed by atoms with Crippen molar-refractivity contribution in [2.24, 2.45) is 0 Å². The van der Waals surface area contributed by atoms with Crippen molar-refractivity contribution in [3.05, 3.63) is 40.5 Å². The van der Waals surface area contributed by atoms with E-state index in [0.29, 0.717) is 17.1 Å². The first-order valence-corrected chi connectivity index (χ1v) is 6.63. The topological polar surface area (TPSA) is 58.2 Å². The second kappa shape index (κ2) is 5.37. The summed E-state index contributed by atoms with van der Waals surface area (Å²) in [6.07, 6.45) is 1.43. The quantitative estimate of drug-likeness (QED) is 0.882. The summed E-state index contributed by atoms with van der Waals surface area (Å²) in [6, 6.07) is 6.96. The lowest BCUT2D eigenvalue weighted by atomic mass is 10.3. The second-order valence-corrected chi connectivity index (χ2v) is 5.17. The van der Waals surface area contributed by atoms with Crippen LogP contribution in [-0.4, -0.2) is 16.9 Å². The summed E-state index contributed by atoms with van der Waals surface area (Å²) in [7, 11) is 0. The lowest BCUT2D eigenvalue weighted by Crippen LogP contribution is -2.28. The molecule has 2 amide bonds. The van der Waals surface area contributed by atoms with E-state index in [2.05, 4.69) is 26.6 Å². The third-order valence-electron chi connectivity index (χ3n) is 2.06. The molecular formula is C11H9BrN2O2S. The molecule has 1 heterocycles. The van der Waals surface area contributed by atoms with Crippen LogP contribution in [0.2, 0.25) is 0 Å². The molecule has 17 heavy (non-hydrogen) atoms. The number of hydrogen-bond acceptors (Lipinski definition) is 3. The average Bonchev–Trinajstić information content (AvgIpc) is 2.67. The summed E-state index contributed by atoms with van der Waals surface area (Å²) in [5, 5.41) is 5.30. The van der Waals surface area contributed by atoms with E-state index >= 15 is 0 Å². The van der Waals surface area contributed by atoms with E-state index in [1.807, 2.05) is 18.2 Å². The Bertz CT molecular complexity index is 502. The highest BCUT2D eigenvalue weighted by Gasteiger charge is 2.15. The molecule has 0 spiro atoms. The van der Waals surface area contributed by atoms with Gasteiger partial charge in [-0.3, -0.25) is 4.79 Å². The molecule has 0 aliphatic carbocycles. The van der Waals surface area contributed by atoms with Crippen molar-refractivity contribution >= 4 is 44.5 Å². The number of para-hydroxylation sites is 1. The Hall–Kier alpha value is -1.27. The zero-order valence-electron chi connectivity index (χ0n) is 8.70. The van der Waals surface area contributed by atoms with Crippen LogP contribution in [0.5, 0.6) is 0 Å². The molecule has 0 saturated carbocycles. The number of urea groups is 1. The molecule has 0 atom stereocenters. The molecule has 1 aliphatic rings. The maximum Gasteiger partial charge on any atom is 0.323 e. The number of halogens is 1. The molecule has 0 aromatic heterocycles. The summed E-state index contributed by atoms with van der Waals surface area (Å²) in [4.78, 5) is 22.6. The molecule has 0 unspecified atom stereocenters. The van der Waals surface area contributed by atoms with E-state index in [-0.39, 0.29) is 11.1 Å². The van der Waals surface area contributed by atoms with Crippen molar-refractivity contribution < 1.29 is 9.59 Å². The predicted octanol–water partition coefficient (Wildman–Crippen LogP) is 2.73. The Morgan fingerprint density at radius 1 is 1.29 bits per heavy atom. The molecule has 1 aliphatic heterocycles. The zero-order chi connectivity index (χ0) is 12.3. The van der Waals surface area contributed by atoms with Gasteiger partial charge >= 0.3 is 6.03 Å². The molecule has 0 fully saturated rings. The van der Waals surface area contributed by atoms with Crippen LogP contribution in [0.25, 0.3) is 0 Å². The zero-order valence-corrected chi connectivity index (χ0v) is 11.1. The molecule has 0 saturated heterocycles. The van der Waals surface area contributed by atoms with Crippen molar-refractivity contribution in [2.45, 2.75) is 0 Å². The number of thioether (sulfide) groups is 1. The van der Waals surface area contributed by atoms with Crippen molar-refractivity contribution in [3.8, 4) is 0 Å². The van der Waals surface area contributed by atoms with E-state index in [1.165, 1.54) is 17.8 Å². The molecule has 0 bridgehead atoms. The van der Waals surface area contributed by atoms with Crippen molar-refractivity contribution in [3.63, 3.8) is 0 Å². The first-order valence-electron chi connectivity index (χ1n) is 4.85.